The number of carbonyl (C=O) groups is 1. The van der Waals surface area contributed by atoms with Crippen LogP contribution in [0.3, 0.4) is 0 Å². The van der Waals surface area contributed by atoms with Gasteiger partial charge in [0.25, 0.3) is 11.8 Å². The number of carbonyl (C=O) groups excluding carboxylic acids is 1. The van der Waals surface area contributed by atoms with Crippen molar-refractivity contribution in [1.29, 1.82) is 0 Å². The number of anilines is 1. The van der Waals surface area contributed by atoms with Gasteiger partial charge in [0.2, 0.25) is 5.82 Å². The SMILES string of the molecule is C[C@@H]1CC(F)(F)CN(C(=O)c2cc(Cl)ccc2-c2nnn(C)n2)[C@@H]1CNc1ccc(C(F)(F)F)cn1. The zero-order chi connectivity index (χ0) is 26.3. The largest absolute Gasteiger partial charge is 0.417 e. The summed E-state index contributed by atoms with van der Waals surface area (Å²) in [6, 6.07) is 5.68. The number of rotatable bonds is 5. The Kier molecular flexibility index (Phi) is 6.86. The number of hydrogen-bond acceptors (Lipinski definition) is 6. The Morgan fingerprint density at radius 1 is 1.25 bits per heavy atom. The molecule has 3 heterocycles. The fraction of sp³-hybridized carbons (Fsp3) is 0.409. The van der Waals surface area contributed by atoms with Crippen molar-refractivity contribution in [1.82, 2.24) is 30.1 Å². The summed E-state index contributed by atoms with van der Waals surface area (Å²) < 4.78 is 67.6. The zero-order valence-electron chi connectivity index (χ0n) is 19.1. The normalized spacial score (nSPS) is 19.8. The van der Waals surface area contributed by atoms with Crippen LogP contribution in [0.2, 0.25) is 5.02 Å². The number of benzene rings is 1. The molecular formula is C22H21ClF5N7O. The van der Waals surface area contributed by atoms with Crippen LogP contribution in [0.4, 0.5) is 27.8 Å². The number of nitrogens with one attached hydrogen (secondary N) is 1. The molecule has 14 heteroatoms. The van der Waals surface area contributed by atoms with E-state index >= 15 is 0 Å². The van der Waals surface area contributed by atoms with E-state index in [4.69, 9.17) is 11.6 Å². The lowest BCUT2D eigenvalue weighted by molar-refractivity contribution is -0.137. The van der Waals surface area contributed by atoms with Crippen LogP contribution in [0.25, 0.3) is 11.4 Å². The minimum absolute atomic E-state index is 0.0133. The lowest BCUT2D eigenvalue weighted by atomic mass is 9.87. The predicted molar refractivity (Wildman–Crippen MR) is 121 cm³/mol. The Labute approximate surface area is 207 Å². The Morgan fingerprint density at radius 2 is 2.00 bits per heavy atom. The number of amides is 1. The van der Waals surface area contributed by atoms with E-state index in [2.05, 4.69) is 25.7 Å². The number of nitrogens with zero attached hydrogens (tertiary/aromatic N) is 6. The highest BCUT2D eigenvalue weighted by Crippen LogP contribution is 2.37. The van der Waals surface area contributed by atoms with E-state index in [1.165, 1.54) is 30.0 Å². The standard InChI is InChI=1S/C22H21ClF5N7O/c1-12-8-21(24,25)11-35(17(12)10-30-18-6-3-13(9-29-18)22(26,27)28)20(36)16-7-14(23)4-5-15(16)19-31-33-34(2)32-19/h3-7,9,12,17H,8,10-11H2,1-2H3,(H,29,30)/t12-,17-/m1/s1. The maximum atomic E-state index is 14.6. The molecule has 0 saturated carbocycles. The van der Waals surface area contributed by atoms with Gasteiger partial charge in [0.05, 0.1) is 30.8 Å². The molecular weight excluding hydrogens is 509 g/mol. The summed E-state index contributed by atoms with van der Waals surface area (Å²) in [5.74, 6) is -4.25. The molecule has 8 nitrogen and oxygen atoms in total. The number of aryl methyl sites for hydroxylation is 1. The third-order valence-corrected chi connectivity index (χ3v) is 6.12. The quantitative estimate of drug-likeness (QED) is 0.488. The van der Waals surface area contributed by atoms with E-state index in [1.807, 2.05) is 0 Å². The number of likely N-dealkylation sites (tertiary alicyclic amines) is 1. The topological polar surface area (TPSA) is 88.8 Å². The molecule has 0 spiro atoms. The van der Waals surface area contributed by atoms with Crippen molar-refractivity contribution in [3.05, 3.63) is 52.7 Å². The minimum atomic E-state index is -4.54. The van der Waals surface area contributed by atoms with Crippen LogP contribution in [0.1, 0.15) is 29.3 Å². The van der Waals surface area contributed by atoms with Crippen molar-refractivity contribution in [3.8, 4) is 11.4 Å². The maximum absolute atomic E-state index is 14.6. The van der Waals surface area contributed by atoms with E-state index in [9.17, 15) is 26.7 Å². The van der Waals surface area contributed by atoms with Crippen molar-refractivity contribution >= 4 is 23.3 Å². The first-order valence-corrected chi connectivity index (χ1v) is 11.2. The number of alkyl halides is 5. The molecule has 1 aliphatic heterocycles. The lowest BCUT2D eigenvalue weighted by Crippen LogP contribution is -2.57. The fourth-order valence-electron chi connectivity index (χ4n) is 4.19. The summed E-state index contributed by atoms with van der Waals surface area (Å²) >= 11 is 6.12. The maximum Gasteiger partial charge on any atom is 0.417 e. The van der Waals surface area contributed by atoms with Crippen LogP contribution in [-0.4, -0.2) is 61.1 Å². The van der Waals surface area contributed by atoms with Gasteiger partial charge >= 0.3 is 6.18 Å². The summed E-state index contributed by atoms with van der Waals surface area (Å²) in [5, 5.41) is 14.8. The summed E-state index contributed by atoms with van der Waals surface area (Å²) in [4.78, 5) is 19.6. The number of halogens is 6. The molecule has 1 amide bonds. The minimum Gasteiger partial charge on any atom is -0.368 e. The van der Waals surface area contributed by atoms with Crippen LogP contribution < -0.4 is 5.32 Å². The summed E-state index contributed by atoms with van der Waals surface area (Å²) in [6.07, 6.45) is -4.32. The molecule has 2 aromatic heterocycles. The lowest BCUT2D eigenvalue weighted by Gasteiger charge is -2.43. The zero-order valence-corrected chi connectivity index (χ0v) is 19.9. The monoisotopic (exact) mass is 529 g/mol. The smallest absolute Gasteiger partial charge is 0.368 e. The number of hydrogen-bond donors (Lipinski definition) is 1. The first-order chi connectivity index (χ1) is 16.8. The van der Waals surface area contributed by atoms with Crippen molar-refractivity contribution < 1.29 is 26.7 Å². The molecule has 192 valence electrons. The summed E-state index contributed by atoms with van der Waals surface area (Å²) in [6.45, 7) is 0.729. The Bertz CT molecular complexity index is 1250. The second-order valence-electron chi connectivity index (χ2n) is 8.64. The molecule has 3 aromatic rings. The van der Waals surface area contributed by atoms with Gasteiger partial charge in [0.15, 0.2) is 0 Å². The van der Waals surface area contributed by atoms with E-state index in [0.29, 0.717) is 6.20 Å². The van der Waals surface area contributed by atoms with Crippen LogP contribution in [0.5, 0.6) is 0 Å². The molecule has 1 N–H and O–H groups in total. The fourth-order valence-corrected chi connectivity index (χ4v) is 4.36. The highest BCUT2D eigenvalue weighted by molar-refractivity contribution is 6.31. The molecule has 36 heavy (non-hydrogen) atoms. The van der Waals surface area contributed by atoms with Crippen LogP contribution in [-0.2, 0) is 13.2 Å². The van der Waals surface area contributed by atoms with E-state index in [0.717, 1.165) is 17.0 Å². The predicted octanol–water partition coefficient (Wildman–Crippen LogP) is 4.54. The Hall–Kier alpha value is -3.35. The second kappa shape index (κ2) is 9.60. The van der Waals surface area contributed by atoms with Gasteiger partial charge in [-0.25, -0.2) is 13.8 Å². The van der Waals surface area contributed by atoms with Crippen LogP contribution in [0.15, 0.2) is 36.5 Å². The molecule has 0 radical (unpaired) electrons. The number of piperidine rings is 1. The number of tetrazole rings is 1. The van der Waals surface area contributed by atoms with Gasteiger partial charge in [-0.05, 0) is 41.5 Å². The van der Waals surface area contributed by atoms with Crippen molar-refractivity contribution in [2.24, 2.45) is 13.0 Å². The molecule has 1 fully saturated rings. The average molecular weight is 530 g/mol. The van der Waals surface area contributed by atoms with E-state index in [-0.39, 0.29) is 34.3 Å². The van der Waals surface area contributed by atoms with Crippen molar-refractivity contribution in [2.75, 3.05) is 18.4 Å². The highest BCUT2D eigenvalue weighted by Gasteiger charge is 2.46. The highest BCUT2D eigenvalue weighted by atomic mass is 35.5. The van der Waals surface area contributed by atoms with Gasteiger partial charge in [-0.2, -0.15) is 18.0 Å². The van der Waals surface area contributed by atoms with Gasteiger partial charge in [0, 0.05) is 29.7 Å². The molecule has 0 bridgehead atoms. The summed E-state index contributed by atoms with van der Waals surface area (Å²) in [7, 11) is 1.54. The molecule has 4 rings (SSSR count). The molecule has 2 atom stereocenters. The van der Waals surface area contributed by atoms with Crippen molar-refractivity contribution in [2.45, 2.75) is 31.5 Å². The molecule has 1 saturated heterocycles. The Morgan fingerprint density at radius 3 is 2.61 bits per heavy atom. The first kappa shape index (κ1) is 25.7. The average Bonchev–Trinajstić information content (AvgIpc) is 3.22. The molecule has 0 aliphatic carbocycles. The third-order valence-electron chi connectivity index (χ3n) is 5.88. The van der Waals surface area contributed by atoms with Gasteiger partial charge in [-0.15, -0.1) is 10.2 Å². The van der Waals surface area contributed by atoms with E-state index in [1.54, 1.807) is 6.92 Å². The molecule has 1 aromatic carbocycles. The van der Waals surface area contributed by atoms with Crippen LogP contribution in [0, 0.1) is 5.92 Å². The Balaban J connectivity index is 1.63. The van der Waals surface area contributed by atoms with Gasteiger partial charge < -0.3 is 10.2 Å². The van der Waals surface area contributed by atoms with E-state index < -0.39 is 48.5 Å². The van der Waals surface area contributed by atoms with Gasteiger partial charge in [-0.1, -0.05) is 18.5 Å². The first-order valence-electron chi connectivity index (χ1n) is 10.8. The van der Waals surface area contributed by atoms with Gasteiger partial charge in [-0.3, -0.25) is 4.79 Å². The van der Waals surface area contributed by atoms with Gasteiger partial charge in [0.1, 0.15) is 5.82 Å². The third kappa shape index (κ3) is 5.55. The second-order valence-corrected chi connectivity index (χ2v) is 9.08. The number of aromatic nitrogens is 5. The molecule has 1 aliphatic rings. The van der Waals surface area contributed by atoms with Crippen LogP contribution >= 0.6 is 11.6 Å². The molecule has 0 unspecified atom stereocenters. The number of pyridine rings is 1. The van der Waals surface area contributed by atoms with Crippen molar-refractivity contribution in [3.63, 3.8) is 0 Å². The summed E-state index contributed by atoms with van der Waals surface area (Å²) in [5.41, 5.74) is -0.616.